The number of halogens is 1. The first-order chi connectivity index (χ1) is 4.43. The molecule has 0 aliphatic rings. The van der Waals surface area contributed by atoms with Crippen molar-refractivity contribution in [3.8, 4) is 0 Å². The molecule has 0 amide bonds. The average Bonchev–Trinajstić information content (AvgIpc) is 1.91. The first-order valence-corrected chi connectivity index (χ1v) is 3.03. The molecule has 1 heterocycles. The second kappa shape index (κ2) is 3.25. The smallest absolute Gasteiger partial charge is 0.130 e. The second-order valence-corrected chi connectivity index (χ2v) is 1.67. The fraction of sp³-hybridized carbons (Fsp3) is 0.200. The molecule has 0 saturated heterocycles. The standard InChI is InChI=1S/C5H6ClN3/c6-3-8-5-1-2-7-4-9-5/h1-2,4H,3H2,(H,7,8,9). The van der Waals surface area contributed by atoms with Gasteiger partial charge in [0.2, 0.25) is 0 Å². The average molecular weight is 144 g/mol. The van der Waals surface area contributed by atoms with E-state index in [0.29, 0.717) is 6.00 Å². The van der Waals surface area contributed by atoms with Crippen molar-refractivity contribution in [2.75, 3.05) is 11.3 Å². The van der Waals surface area contributed by atoms with Crippen LogP contribution in [0.1, 0.15) is 0 Å². The summed E-state index contributed by atoms with van der Waals surface area (Å²) in [4.78, 5) is 7.60. The maximum Gasteiger partial charge on any atom is 0.130 e. The van der Waals surface area contributed by atoms with Crippen LogP contribution in [0.4, 0.5) is 5.82 Å². The van der Waals surface area contributed by atoms with E-state index in [1.54, 1.807) is 12.3 Å². The van der Waals surface area contributed by atoms with Crippen LogP contribution in [0.15, 0.2) is 18.6 Å². The molecule has 1 aromatic rings. The molecule has 0 aliphatic carbocycles. The molecule has 0 atom stereocenters. The van der Waals surface area contributed by atoms with E-state index in [2.05, 4.69) is 15.3 Å². The highest BCUT2D eigenvalue weighted by Crippen LogP contribution is 1.96. The molecule has 9 heavy (non-hydrogen) atoms. The predicted octanol–water partition coefficient (Wildman–Crippen LogP) is 1.08. The fourth-order valence-corrected chi connectivity index (χ4v) is 0.601. The molecular weight excluding hydrogens is 138 g/mol. The van der Waals surface area contributed by atoms with E-state index in [9.17, 15) is 0 Å². The van der Waals surface area contributed by atoms with Gasteiger partial charge in [0, 0.05) is 6.20 Å². The van der Waals surface area contributed by atoms with E-state index in [4.69, 9.17) is 11.6 Å². The van der Waals surface area contributed by atoms with Crippen LogP contribution in [0.5, 0.6) is 0 Å². The summed E-state index contributed by atoms with van der Waals surface area (Å²) in [5.41, 5.74) is 0. The highest BCUT2D eigenvalue weighted by Gasteiger charge is 1.84. The summed E-state index contributed by atoms with van der Waals surface area (Å²) in [6.07, 6.45) is 3.12. The minimum atomic E-state index is 0.372. The van der Waals surface area contributed by atoms with Crippen molar-refractivity contribution >= 4 is 17.4 Å². The first-order valence-electron chi connectivity index (χ1n) is 2.49. The number of aromatic nitrogens is 2. The van der Waals surface area contributed by atoms with Crippen molar-refractivity contribution in [1.29, 1.82) is 0 Å². The van der Waals surface area contributed by atoms with E-state index in [-0.39, 0.29) is 0 Å². The number of hydrogen-bond acceptors (Lipinski definition) is 3. The van der Waals surface area contributed by atoms with Gasteiger partial charge in [0.05, 0.1) is 6.00 Å². The highest BCUT2D eigenvalue weighted by molar-refractivity contribution is 6.18. The summed E-state index contributed by atoms with van der Waals surface area (Å²) in [5, 5.41) is 2.82. The van der Waals surface area contributed by atoms with E-state index in [1.165, 1.54) is 6.33 Å². The Morgan fingerprint density at radius 3 is 3.11 bits per heavy atom. The molecule has 0 spiro atoms. The van der Waals surface area contributed by atoms with Gasteiger partial charge in [-0.15, -0.1) is 11.6 Å². The van der Waals surface area contributed by atoms with Crippen LogP contribution in [0.2, 0.25) is 0 Å². The Labute approximate surface area is 58.1 Å². The summed E-state index contributed by atoms with van der Waals surface area (Å²) in [5.74, 6) is 0.750. The number of anilines is 1. The van der Waals surface area contributed by atoms with Gasteiger partial charge in [-0.05, 0) is 6.07 Å². The van der Waals surface area contributed by atoms with Crippen molar-refractivity contribution < 1.29 is 0 Å². The van der Waals surface area contributed by atoms with Crippen LogP contribution in [0.25, 0.3) is 0 Å². The Morgan fingerprint density at radius 1 is 1.67 bits per heavy atom. The Bertz CT molecular complexity index is 165. The van der Waals surface area contributed by atoms with Gasteiger partial charge in [0.1, 0.15) is 12.1 Å². The van der Waals surface area contributed by atoms with Crippen LogP contribution in [0, 0.1) is 0 Å². The van der Waals surface area contributed by atoms with Gasteiger partial charge >= 0.3 is 0 Å². The Kier molecular flexibility index (Phi) is 2.27. The molecular formula is C5H6ClN3. The summed E-state index contributed by atoms with van der Waals surface area (Å²) < 4.78 is 0. The van der Waals surface area contributed by atoms with Gasteiger partial charge in [-0.3, -0.25) is 0 Å². The molecule has 0 aliphatic heterocycles. The third-order valence-corrected chi connectivity index (χ3v) is 0.964. The van der Waals surface area contributed by atoms with E-state index >= 15 is 0 Å². The molecule has 0 aromatic carbocycles. The Balaban J connectivity index is 2.61. The molecule has 0 bridgehead atoms. The van der Waals surface area contributed by atoms with Crippen LogP contribution >= 0.6 is 11.6 Å². The maximum absolute atomic E-state index is 5.36. The largest absolute Gasteiger partial charge is 0.356 e. The van der Waals surface area contributed by atoms with Gasteiger partial charge in [0.25, 0.3) is 0 Å². The lowest BCUT2D eigenvalue weighted by molar-refractivity contribution is 1.15. The third kappa shape index (κ3) is 1.85. The van der Waals surface area contributed by atoms with Gasteiger partial charge in [-0.25, -0.2) is 9.97 Å². The molecule has 0 fully saturated rings. The Morgan fingerprint density at radius 2 is 2.56 bits per heavy atom. The zero-order valence-corrected chi connectivity index (χ0v) is 5.47. The molecule has 0 radical (unpaired) electrons. The number of alkyl halides is 1. The summed E-state index contributed by atoms with van der Waals surface area (Å²) in [7, 11) is 0. The number of nitrogens with one attached hydrogen (secondary N) is 1. The maximum atomic E-state index is 5.36. The zero-order valence-electron chi connectivity index (χ0n) is 4.71. The normalized spacial score (nSPS) is 9.00. The van der Waals surface area contributed by atoms with E-state index in [0.717, 1.165) is 5.82 Å². The van der Waals surface area contributed by atoms with Crippen LogP contribution in [-0.4, -0.2) is 16.0 Å². The SMILES string of the molecule is ClCNc1ccncn1. The van der Waals surface area contributed by atoms with Gasteiger partial charge in [-0.2, -0.15) is 0 Å². The Hall–Kier alpha value is -0.830. The van der Waals surface area contributed by atoms with Crippen LogP contribution < -0.4 is 5.32 Å². The lowest BCUT2D eigenvalue weighted by Crippen LogP contribution is -1.95. The number of hydrogen-bond donors (Lipinski definition) is 1. The topological polar surface area (TPSA) is 37.8 Å². The highest BCUT2D eigenvalue weighted by atomic mass is 35.5. The second-order valence-electron chi connectivity index (χ2n) is 1.41. The number of nitrogens with zero attached hydrogens (tertiary/aromatic N) is 2. The molecule has 0 saturated carbocycles. The molecule has 1 N–H and O–H groups in total. The van der Waals surface area contributed by atoms with Crippen molar-refractivity contribution in [2.45, 2.75) is 0 Å². The quantitative estimate of drug-likeness (QED) is 0.498. The molecule has 1 aromatic heterocycles. The predicted molar refractivity (Wildman–Crippen MR) is 36.4 cm³/mol. The van der Waals surface area contributed by atoms with Crippen molar-refractivity contribution in [3.63, 3.8) is 0 Å². The van der Waals surface area contributed by atoms with Crippen LogP contribution in [-0.2, 0) is 0 Å². The van der Waals surface area contributed by atoms with Crippen molar-refractivity contribution in [2.24, 2.45) is 0 Å². The summed E-state index contributed by atoms with van der Waals surface area (Å²) >= 11 is 5.36. The van der Waals surface area contributed by atoms with Crippen molar-refractivity contribution in [1.82, 2.24) is 9.97 Å². The molecule has 1 rings (SSSR count). The summed E-state index contributed by atoms with van der Waals surface area (Å²) in [6, 6.07) is 2.12. The fourth-order valence-electron chi connectivity index (χ4n) is 0.464. The molecule has 3 nitrogen and oxygen atoms in total. The third-order valence-electron chi connectivity index (χ3n) is 0.830. The molecule has 4 heteroatoms. The van der Waals surface area contributed by atoms with E-state index in [1.807, 2.05) is 0 Å². The first kappa shape index (κ1) is 6.29. The number of rotatable bonds is 2. The van der Waals surface area contributed by atoms with Gasteiger partial charge in [-0.1, -0.05) is 0 Å². The minimum absolute atomic E-state index is 0.372. The molecule has 48 valence electrons. The lowest BCUT2D eigenvalue weighted by atomic mass is 10.6. The summed E-state index contributed by atoms with van der Waals surface area (Å²) in [6.45, 7) is 0. The van der Waals surface area contributed by atoms with Gasteiger partial charge < -0.3 is 5.32 Å². The minimum Gasteiger partial charge on any atom is -0.356 e. The van der Waals surface area contributed by atoms with Crippen LogP contribution in [0.3, 0.4) is 0 Å². The van der Waals surface area contributed by atoms with E-state index < -0.39 is 0 Å². The lowest BCUT2D eigenvalue weighted by Gasteiger charge is -1.96. The van der Waals surface area contributed by atoms with Crippen molar-refractivity contribution in [3.05, 3.63) is 18.6 Å². The molecule has 0 unspecified atom stereocenters. The zero-order chi connectivity index (χ0) is 6.53. The van der Waals surface area contributed by atoms with Gasteiger partial charge in [0.15, 0.2) is 0 Å². The monoisotopic (exact) mass is 143 g/mol.